The fraction of sp³-hybridized carbons (Fsp3) is 0.533. The Morgan fingerprint density at radius 2 is 2.13 bits per heavy atom. The standard InChI is InChI=1S/C15H19N3O3S2/c1-10-15(11(2)21-16-10)23(19,20)18-8-13(9-18)17-5-3-14-12(7-17)4-6-22-14/h4,6,13H,3,5,7-9H2,1-2H3. The van der Waals surface area contributed by atoms with Crippen molar-refractivity contribution in [1.82, 2.24) is 14.4 Å². The molecule has 4 rings (SSSR count). The summed E-state index contributed by atoms with van der Waals surface area (Å²) in [5.74, 6) is 0.367. The Balaban J connectivity index is 1.46. The summed E-state index contributed by atoms with van der Waals surface area (Å²) >= 11 is 1.82. The lowest BCUT2D eigenvalue weighted by molar-refractivity contribution is 0.0774. The van der Waals surface area contributed by atoms with Gasteiger partial charge in [0.15, 0.2) is 5.76 Å². The van der Waals surface area contributed by atoms with Gasteiger partial charge in [-0.15, -0.1) is 11.3 Å². The molecular weight excluding hydrogens is 334 g/mol. The molecule has 0 N–H and O–H groups in total. The molecule has 124 valence electrons. The van der Waals surface area contributed by atoms with Gasteiger partial charge in [-0.1, -0.05) is 5.16 Å². The van der Waals surface area contributed by atoms with Gasteiger partial charge < -0.3 is 4.52 Å². The molecule has 0 aromatic carbocycles. The second-order valence-corrected chi connectivity index (χ2v) is 9.09. The van der Waals surface area contributed by atoms with Crippen LogP contribution in [0.4, 0.5) is 0 Å². The van der Waals surface area contributed by atoms with Gasteiger partial charge in [-0.25, -0.2) is 8.42 Å². The van der Waals surface area contributed by atoms with Crippen LogP contribution in [0.5, 0.6) is 0 Å². The molecular formula is C15H19N3O3S2. The number of fused-ring (bicyclic) bond motifs is 1. The summed E-state index contributed by atoms with van der Waals surface area (Å²) in [5.41, 5.74) is 1.83. The van der Waals surface area contributed by atoms with Gasteiger partial charge in [0.2, 0.25) is 10.0 Å². The van der Waals surface area contributed by atoms with E-state index < -0.39 is 10.0 Å². The third-order valence-electron chi connectivity index (χ3n) is 4.75. The summed E-state index contributed by atoms with van der Waals surface area (Å²) in [4.78, 5) is 4.10. The molecule has 1 fully saturated rings. The second-order valence-electron chi connectivity index (χ2n) is 6.22. The first-order valence-corrected chi connectivity index (χ1v) is 10.0. The summed E-state index contributed by atoms with van der Waals surface area (Å²) in [6.07, 6.45) is 1.07. The number of thiophene rings is 1. The molecule has 2 aliphatic rings. The molecule has 8 heteroatoms. The van der Waals surface area contributed by atoms with E-state index in [-0.39, 0.29) is 4.90 Å². The first kappa shape index (κ1) is 15.3. The van der Waals surface area contributed by atoms with Crippen molar-refractivity contribution in [3.63, 3.8) is 0 Å². The van der Waals surface area contributed by atoms with Gasteiger partial charge in [0.05, 0.1) is 0 Å². The van der Waals surface area contributed by atoms with Gasteiger partial charge in [0, 0.05) is 37.1 Å². The number of hydrogen-bond acceptors (Lipinski definition) is 6. The molecule has 6 nitrogen and oxygen atoms in total. The minimum atomic E-state index is -3.49. The van der Waals surface area contributed by atoms with E-state index in [2.05, 4.69) is 21.5 Å². The average molecular weight is 353 g/mol. The van der Waals surface area contributed by atoms with E-state index in [4.69, 9.17) is 4.52 Å². The monoisotopic (exact) mass is 353 g/mol. The number of aryl methyl sites for hydroxylation is 2. The maximum Gasteiger partial charge on any atom is 0.248 e. The molecule has 0 spiro atoms. The van der Waals surface area contributed by atoms with Crippen LogP contribution >= 0.6 is 11.3 Å². The van der Waals surface area contributed by atoms with E-state index in [0.29, 0.717) is 30.6 Å². The van der Waals surface area contributed by atoms with Crippen molar-refractivity contribution >= 4 is 21.4 Å². The van der Waals surface area contributed by atoms with Crippen LogP contribution in [-0.4, -0.2) is 48.5 Å². The van der Waals surface area contributed by atoms with Crippen molar-refractivity contribution in [2.45, 2.75) is 37.8 Å². The van der Waals surface area contributed by atoms with Crippen LogP contribution < -0.4 is 0 Å². The van der Waals surface area contributed by atoms with Crippen LogP contribution in [0, 0.1) is 13.8 Å². The van der Waals surface area contributed by atoms with Gasteiger partial charge >= 0.3 is 0 Å². The van der Waals surface area contributed by atoms with Crippen LogP contribution in [0.2, 0.25) is 0 Å². The molecule has 0 aliphatic carbocycles. The summed E-state index contributed by atoms with van der Waals surface area (Å²) in [6, 6.07) is 2.49. The molecule has 0 saturated carbocycles. The normalized spacial score (nSPS) is 20.4. The Hall–Kier alpha value is -1.22. The molecule has 2 aromatic heterocycles. The largest absolute Gasteiger partial charge is 0.360 e. The van der Waals surface area contributed by atoms with Gasteiger partial charge in [0.25, 0.3) is 0 Å². The lowest BCUT2D eigenvalue weighted by Crippen LogP contribution is -2.61. The molecule has 0 atom stereocenters. The minimum Gasteiger partial charge on any atom is -0.360 e. The van der Waals surface area contributed by atoms with Crippen LogP contribution in [0.3, 0.4) is 0 Å². The predicted molar refractivity (Wildman–Crippen MR) is 87.0 cm³/mol. The fourth-order valence-electron chi connectivity index (χ4n) is 3.40. The Morgan fingerprint density at radius 1 is 1.35 bits per heavy atom. The smallest absolute Gasteiger partial charge is 0.248 e. The molecule has 0 amide bonds. The zero-order valence-electron chi connectivity index (χ0n) is 13.2. The fourth-order valence-corrected chi connectivity index (χ4v) is 6.09. The number of sulfonamides is 1. The highest BCUT2D eigenvalue weighted by atomic mass is 32.2. The van der Waals surface area contributed by atoms with Crippen molar-refractivity contribution in [2.24, 2.45) is 0 Å². The Bertz CT molecular complexity index is 815. The summed E-state index contributed by atoms with van der Waals surface area (Å²) in [7, 11) is -3.49. The Morgan fingerprint density at radius 3 is 2.83 bits per heavy atom. The van der Waals surface area contributed by atoms with E-state index in [0.717, 1.165) is 19.5 Å². The number of hydrogen-bond donors (Lipinski definition) is 0. The highest BCUT2D eigenvalue weighted by molar-refractivity contribution is 7.89. The lowest BCUT2D eigenvalue weighted by Gasteiger charge is -2.45. The quantitative estimate of drug-likeness (QED) is 0.841. The average Bonchev–Trinajstić information content (AvgIpc) is 3.03. The van der Waals surface area contributed by atoms with Crippen molar-refractivity contribution in [2.75, 3.05) is 19.6 Å². The zero-order valence-corrected chi connectivity index (χ0v) is 14.8. The topological polar surface area (TPSA) is 66.7 Å². The van der Waals surface area contributed by atoms with E-state index >= 15 is 0 Å². The first-order valence-electron chi connectivity index (χ1n) is 7.69. The van der Waals surface area contributed by atoms with Crippen LogP contribution in [-0.2, 0) is 23.0 Å². The SMILES string of the molecule is Cc1noc(C)c1S(=O)(=O)N1CC(N2CCc3sccc3C2)C1. The maximum atomic E-state index is 12.7. The molecule has 0 radical (unpaired) electrons. The van der Waals surface area contributed by atoms with E-state index in [1.807, 2.05) is 11.3 Å². The van der Waals surface area contributed by atoms with Crippen molar-refractivity contribution in [1.29, 1.82) is 0 Å². The first-order chi connectivity index (χ1) is 11.0. The van der Waals surface area contributed by atoms with Gasteiger partial charge in [-0.05, 0) is 37.3 Å². The van der Waals surface area contributed by atoms with E-state index in [9.17, 15) is 8.42 Å². The molecule has 4 heterocycles. The number of nitrogens with zero attached hydrogens (tertiary/aromatic N) is 3. The van der Waals surface area contributed by atoms with Gasteiger partial charge in [-0.2, -0.15) is 4.31 Å². The van der Waals surface area contributed by atoms with Crippen molar-refractivity contribution in [3.05, 3.63) is 33.3 Å². The van der Waals surface area contributed by atoms with Gasteiger partial charge in [-0.3, -0.25) is 4.90 Å². The van der Waals surface area contributed by atoms with E-state index in [1.165, 1.54) is 14.7 Å². The molecule has 0 unspecified atom stereocenters. The zero-order chi connectivity index (χ0) is 16.2. The van der Waals surface area contributed by atoms with E-state index in [1.54, 1.807) is 13.8 Å². The number of aromatic nitrogens is 1. The third kappa shape index (κ3) is 2.44. The number of rotatable bonds is 3. The predicted octanol–water partition coefficient (Wildman–Crippen LogP) is 1.78. The Kier molecular flexibility index (Phi) is 3.60. The highest BCUT2D eigenvalue weighted by Gasteiger charge is 2.42. The summed E-state index contributed by atoms with van der Waals surface area (Å²) in [6.45, 7) is 6.36. The summed E-state index contributed by atoms with van der Waals surface area (Å²) in [5, 5.41) is 5.90. The van der Waals surface area contributed by atoms with Crippen LogP contribution in [0.1, 0.15) is 21.9 Å². The molecule has 0 bridgehead atoms. The second kappa shape index (κ2) is 5.41. The molecule has 2 aromatic rings. The molecule has 2 aliphatic heterocycles. The van der Waals surface area contributed by atoms with Crippen LogP contribution in [0.15, 0.2) is 20.9 Å². The third-order valence-corrected chi connectivity index (χ3v) is 7.85. The minimum absolute atomic E-state index is 0.231. The maximum absolute atomic E-state index is 12.7. The van der Waals surface area contributed by atoms with Crippen LogP contribution in [0.25, 0.3) is 0 Å². The lowest BCUT2D eigenvalue weighted by atomic mass is 10.0. The highest BCUT2D eigenvalue weighted by Crippen LogP contribution is 2.31. The summed E-state index contributed by atoms with van der Waals surface area (Å²) < 4.78 is 32.0. The molecule has 23 heavy (non-hydrogen) atoms. The Labute approximate surface area is 139 Å². The van der Waals surface area contributed by atoms with Crippen molar-refractivity contribution in [3.8, 4) is 0 Å². The molecule has 1 saturated heterocycles. The van der Waals surface area contributed by atoms with Gasteiger partial charge in [0.1, 0.15) is 10.6 Å². The van der Waals surface area contributed by atoms with Crippen molar-refractivity contribution < 1.29 is 12.9 Å².